The highest BCUT2D eigenvalue weighted by atomic mass is 16.5. The molecule has 0 spiro atoms. The molecule has 134 valence electrons. The molecule has 4 rings (SSSR count). The summed E-state index contributed by atoms with van der Waals surface area (Å²) in [6.07, 6.45) is 0. The zero-order chi connectivity index (χ0) is 18.8. The fourth-order valence-corrected chi connectivity index (χ4v) is 2.84. The molecule has 0 atom stereocenters. The number of hydrogen-bond acceptors (Lipinski definition) is 4. The molecule has 3 aromatic carbocycles. The van der Waals surface area contributed by atoms with Crippen molar-refractivity contribution in [2.75, 3.05) is 12.4 Å². The topological polar surface area (TPSA) is 64.4 Å². The molecule has 27 heavy (non-hydrogen) atoms. The summed E-state index contributed by atoms with van der Waals surface area (Å²) in [6, 6.07) is 20.3. The van der Waals surface area contributed by atoms with Gasteiger partial charge in [0.1, 0.15) is 11.3 Å². The van der Waals surface area contributed by atoms with E-state index >= 15 is 0 Å². The number of hydrogen-bond donors (Lipinski definition) is 1. The minimum Gasteiger partial charge on any atom is -0.497 e. The average Bonchev–Trinajstić information content (AvgIpc) is 3.11. The van der Waals surface area contributed by atoms with Crippen LogP contribution in [0.25, 0.3) is 22.6 Å². The third kappa shape index (κ3) is 3.53. The number of nitrogens with one attached hydrogen (secondary N) is 1. The van der Waals surface area contributed by atoms with Crippen LogP contribution in [0, 0.1) is 6.92 Å². The number of anilines is 1. The lowest BCUT2D eigenvalue weighted by molar-refractivity contribution is 0.102. The van der Waals surface area contributed by atoms with Crippen molar-refractivity contribution in [3.63, 3.8) is 0 Å². The number of oxazole rings is 1. The lowest BCUT2D eigenvalue weighted by Crippen LogP contribution is -2.11. The quantitative estimate of drug-likeness (QED) is 0.553. The Morgan fingerprint density at radius 2 is 1.85 bits per heavy atom. The minimum atomic E-state index is -0.192. The van der Waals surface area contributed by atoms with Crippen LogP contribution in [0.3, 0.4) is 0 Å². The molecule has 0 radical (unpaired) electrons. The number of ether oxygens (including phenoxy) is 1. The molecule has 1 aromatic heterocycles. The Kier molecular flexibility index (Phi) is 4.34. The molecular weight excluding hydrogens is 340 g/mol. The first-order chi connectivity index (χ1) is 13.1. The second-order valence-corrected chi connectivity index (χ2v) is 6.25. The van der Waals surface area contributed by atoms with E-state index in [-0.39, 0.29) is 5.91 Å². The van der Waals surface area contributed by atoms with Gasteiger partial charge in [0.15, 0.2) is 5.58 Å². The highest BCUT2D eigenvalue weighted by Gasteiger charge is 2.11. The first-order valence-corrected chi connectivity index (χ1v) is 8.55. The van der Waals surface area contributed by atoms with Crippen molar-refractivity contribution in [1.29, 1.82) is 0 Å². The lowest BCUT2D eigenvalue weighted by Gasteiger charge is -2.07. The fourth-order valence-electron chi connectivity index (χ4n) is 2.84. The molecule has 0 aliphatic heterocycles. The van der Waals surface area contributed by atoms with Gasteiger partial charge in [0.25, 0.3) is 5.91 Å². The number of nitrogens with zero attached hydrogens (tertiary/aromatic N) is 1. The van der Waals surface area contributed by atoms with Gasteiger partial charge in [0.2, 0.25) is 5.89 Å². The van der Waals surface area contributed by atoms with Gasteiger partial charge < -0.3 is 14.5 Å². The first-order valence-electron chi connectivity index (χ1n) is 8.55. The van der Waals surface area contributed by atoms with E-state index in [1.54, 1.807) is 31.4 Å². The van der Waals surface area contributed by atoms with Crippen LogP contribution in [-0.4, -0.2) is 18.0 Å². The molecule has 0 fully saturated rings. The second kappa shape index (κ2) is 6.96. The maximum atomic E-state index is 12.4. The van der Waals surface area contributed by atoms with E-state index in [9.17, 15) is 4.79 Å². The number of aryl methyl sites for hydroxylation is 1. The molecule has 0 saturated heterocycles. The molecule has 5 nitrogen and oxygen atoms in total. The van der Waals surface area contributed by atoms with Gasteiger partial charge in [-0.15, -0.1) is 0 Å². The van der Waals surface area contributed by atoms with E-state index < -0.39 is 0 Å². The normalized spacial score (nSPS) is 10.7. The molecule has 4 aromatic rings. The average molecular weight is 358 g/mol. The number of methoxy groups -OCH3 is 1. The van der Waals surface area contributed by atoms with Crippen LogP contribution in [0.4, 0.5) is 5.69 Å². The number of amides is 1. The Labute approximate surface area is 156 Å². The Morgan fingerprint density at radius 3 is 2.63 bits per heavy atom. The van der Waals surface area contributed by atoms with Gasteiger partial charge in [-0.05, 0) is 67.1 Å². The van der Waals surface area contributed by atoms with E-state index in [4.69, 9.17) is 9.15 Å². The van der Waals surface area contributed by atoms with Gasteiger partial charge in [-0.25, -0.2) is 4.98 Å². The van der Waals surface area contributed by atoms with E-state index in [2.05, 4.69) is 10.3 Å². The molecule has 0 unspecified atom stereocenters. The lowest BCUT2D eigenvalue weighted by atomic mass is 10.1. The third-order valence-corrected chi connectivity index (χ3v) is 4.26. The van der Waals surface area contributed by atoms with Crippen LogP contribution in [0.1, 0.15) is 15.9 Å². The number of carbonyl (C=O) groups excluding carboxylic acids is 1. The Morgan fingerprint density at radius 1 is 1.04 bits per heavy atom. The van der Waals surface area contributed by atoms with Crippen LogP contribution >= 0.6 is 0 Å². The molecule has 0 aliphatic carbocycles. The Hall–Kier alpha value is -3.60. The highest BCUT2D eigenvalue weighted by molar-refractivity contribution is 6.04. The van der Waals surface area contributed by atoms with Crippen LogP contribution in [-0.2, 0) is 0 Å². The van der Waals surface area contributed by atoms with Crippen molar-refractivity contribution in [2.45, 2.75) is 6.92 Å². The summed E-state index contributed by atoms with van der Waals surface area (Å²) in [6.45, 7) is 2.02. The van der Waals surface area contributed by atoms with Crippen LogP contribution in [0.15, 0.2) is 71.1 Å². The summed E-state index contributed by atoms with van der Waals surface area (Å²) in [5.41, 5.74) is 4.71. The van der Waals surface area contributed by atoms with E-state index in [0.29, 0.717) is 22.9 Å². The molecular formula is C22H18N2O3. The second-order valence-electron chi connectivity index (χ2n) is 6.25. The first kappa shape index (κ1) is 16.8. The van der Waals surface area contributed by atoms with Gasteiger partial charge in [0.05, 0.1) is 7.11 Å². The summed E-state index contributed by atoms with van der Waals surface area (Å²) in [7, 11) is 1.59. The molecule has 0 aliphatic rings. The Balaban J connectivity index is 1.58. The predicted octanol–water partition coefficient (Wildman–Crippen LogP) is 5.06. The third-order valence-electron chi connectivity index (χ3n) is 4.26. The predicted molar refractivity (Wildman–Crippen MR) is 105 cm³/mol. The van der Waals surface area contributed by atoms with Crippen molar-refractivity contribution in [3.8, 4) is 17.2 Å². The number of aromatic nitrogens is 1. The molecule has 1 N–H and O–H groups in total. The fraction of sp³-hybridized carbons (Fsp3) is 0.0909. The number of carbonyl (C=O) groups is 1. The molecule has 5 heteroatoms. The van der Waals surface area contributed by atoms with Gasteiger partial charge in [0, 0.05) is 16.8 Å². The van der Waals surface area contributed by atoms with Crippen LogP contribution in [0.5, 0.6) is 5.75 Å². The largest absolute Gasteiger partial charge is 0.497 e. The molecule has 1 heterocycles. The highest BCUT2D eigenvalue weighted by Crippen LogP contribution is 2.27. The van der Waals surface area contributed by atoms with Crippen molar-refractivity contribution >= 4 is 22.7 Å². The number of rotatable bonds is 4. The zero-order valence-electron chi connectivity index (χ0n) is 15.0. The number of fused-ring (bicyclic) bond motifs is 1. The van der Waals surface area contributed by atoms with Crippen molar-refractivity contribution < 1.29 is 13.9 Å². The van der Waals surface area contributed by atoms with Crippen molar-refractivity contribution in [1.82, 2.24) is 4.98 Å². The summed E-state index contributed by atoms with van der Waals surface area (Å²) in [5.74, 6) is 1.04. The van der Waals surface area contributed by atoms with Crippen molar-refractivity contribution in [2.24, 2.45) is 0 Å². The Bertz CT molecular complexity index is 1110. The van der Waals surface area contributed by atoms with E-state index in [1.165, 1.54) is 0 Å². The standard InChI is InChI=1S/C22H18N2O3/c1-14-6-11-20-19(12-14)24-22(27-20)16-4-3-5-17(13-16)23-21(25)15-7-9-18(26-2)10-8-15/h3-13H,1-2H3,(H,23,25). The summed E-state index contributed by atoms with van der Waals surface area (Å²) >= 11 is 0. The van der Waals surface area contributed by atoms with Gasteiger partial charge >= 0.3 is 0 Å². The smallest absolute Gasteiger partial charge is 0.255 e. The minimum absolute atomic E-state index is 0.192. The maximum absolute atomic E-state index is 12.4. The zero-order valence-corrected chi connectivity index (χ0v) is 15.0. The van der Waals surface area contributed by atoms with E-state index in [0.717, 1.165) is 22.2 Å². The van der Waals surface area contributed by atoms with Crippen LogP contribution < -0.4 is 10.1 Å². The van der Waals surface area contributed by atoms with Crippen LogP contribution in [0.2, 0.25) is 0 Å². The molecule has 0 saturated carbocycles. The monoisotopic (exact) mass is 358 g/mol. The van der Waals surface area contributed by atoms with Crippen molar-refractivity contribution in [3.05, 3.63) is 77.9 Å². The van der Waals surface area contributed by atoms with Gasteiger partial charge in [-0.3, -0.25) is 4.79 Å². The SMILES string of the molecule is COc1ccc(C(=O)Nc2cccc(-c3nc4cc(C)ccc4o3)c2)cc1. The van der Waals surface area contributed by atoms with Gasteiger partial charge in [-0.1, -0.05) is 12.1 Å². The maximum Gasteiger partial charge on any atom is 0.255 e. The molecule has 1 amide bonds. The van der Waals surface area contributed by atoms with Gasteiger partial charge in [-0.2, -0.15) is 0 Å². The number of benzene rings is 3. The summed E-state index contributed by atoms with van der Waals surface area (Å²) < 4.78 is 11.0. The summed E-state index contributed by atoms with van der Waals surface area (Å²) in [5, 5.41) is 2.90. The molecule has 0 bridgehead atoms. The summed E-state index contributed by atoms with van der Waals surface area (Å²) in [4.78, 5) is 17.0. The van der Waals surface area contributed by atoms with E-state index in [1.807, 2.05) is 49.4 Å².